The average Bonchev–Trinajstić information content (AvgIpc) is 2.84. The normalized spacial score (nSPS) is 17.0. The molecule has 180 valence electrons. The zero-order chi connectivity index (χ0) is 24.5. The fourth-order valence-corrected chi connectivity index (χ4v) is 6.33. The lowest BCUT2D eigenvalue weighted by Crippen LogP contribution is -2.50. The van der Waals surface area contributed by atoms with Crippen molar-refractivity contribution in [3.63, 3.8) is 0 Å². The van der Waals surface area contributed by atoms with E-state index < -0.39 is 10.0 Å². The second-order valence-corrected chi connectivity index (χ2v) is 10.9. The number of piperazine rings is 1. The highest BCUT2D eigenvalue weighted by Gasteiger charge is 2.37. The van der Waals surface area contributed by atoms with Crippen LogP contribution in [0.4, 0.5) is 5.69 Å². The van der Waals surface area contributed by atoms with Gasteiger partial charge in [0, 0.05) is 35.7 Å². The van der Waals surface area contributed by atoms with Gasteiger partial charge in [-0.2, -0.15) is 4.31 Å². The van der Waals surface area contributed by atoms with Gasteiger partial charge in [0.2, 0.25) is 10.0 Å². The molecule has 1 heterocycles. The molecule has 1 aliphatic rings. The Balaban J connectivity index is 1.75. The van der Waals surface area contributed by atoms with Crippen LogP contribution in [-0.2, 0) is 10.0 Å². The van der Waals surface area contributed by atoms with E-state index in [0.717, 1.165) is 11.3 Å². The summed E-state index contributed by atoms with van der Waals surface area (Å²) in [6, 6.07) is 17.1. The van der Waals surface area contributed by atoms with Gasteiger partial charge in [0.05, 0.1) is 31.0 Å². The third-order valence-corrected chi connectivity index (χ3v) is 8.48. The molecule has 0 aliphatic carbocycles. The van der Waals surface area contributed by atoms with E-state index in [0.29, 0.717) is 27.4 Å². The highest BCUT2D eigenvalue weighted by Crippen LogP contribution is 2.39. The maximum Gasteiger partial charge on any atom is 0.247 e. The summed E-state index contributed by atoms with van der Waals surface area (Å²) in [6.45, 7) is 0.870. The first-order valence-electron chi connectivity index (χ1n) is 10.4. The van der Waals surface area contributed by atoms with Crippen molar-refractivity contribution in [2.45, 2.75) is 10.9 Å². The van der Waals surface area contributed by atoms with E-state index in [1.807, 2.05) is 18.2 Å². The third kappa shape index (κ3) is 4.95. The molecular weight excluding hydrogens is 519 g/mol. The number of halogens is 3. The molecule has 4 rings (SSSR count). The van der Waals surface area contributed by atoms with Crippen LogP contribution in [0.25, 0.3) is 0 Å². The van der Waals surface area contributed by atoms with Crippen LogP contribution in [0.5, 0.6) is 11.5 Å². The van der Waals surface area contributed by atoms with Crippen LogP contribution < -0.4 is 14.4 Å². The molecule has 0 aromatic heterocycles. The SMILES string of the molecule is COc1ccc(OC)c(S(=O)(=O)N2CCN(c3ccc(Cl)cc3Cl)C(c3ccc(Cl)cc3)C2)c1. The minimum Gasteiger partial charge on any atom is -0.497 e. The van der Waals surface area contributed by atoms with Crippen molar-refractivity contribution in [1.29, 1.82) is 0 Å². The highest BCUT2D eigenvalue weighted by atomic mass is 35.5. The lowest BCUT2D eigenvalue weighted by atomic mass is 10.0. The summed E-state index contributed by atoms with van der Waals surface area (Å²) in [7, 11) is -0.956. The molecule has 1 fully saturated rings. The Bertz CT molecular complexity index is 1290. The number of anilines is 1. The summed E-state index contributed by atoms with van der Waals surface area (Å²) >= 11 is 18.7. The molecule has 0 N–H and O–H groups in total. The largest absolute Gasteiger partial charge is 0.497 e. The predicted octanol–water partition coefficient (Wildman–Crippen LogP) is 5.92. The monoisotopic (exact) mass is 540 g/mol. The minimum absolute atomic E-state index is 0.0576. The molecule has 3 aromatic rings. The number of hydrogen-bond acceptors (Lipinski definition) is 5. The first-order chi connectivity index (χ1) is 16.2. The molecule has 34 heavy (non-hydrogen) atoms. The molecule has 6 nitrogen and oxygen atoms in total. The van der Waals surface area contributed by atoms with Crippen molar-refractivity contribution in [2.75, 3.05) is 38.8 Å². The van der Waals surface area contributed by atoms with Crippen molar-refractivity contribution >= 4 is 50.5 Å². The summed E-state index contributed by atoms with van der Waals surface area (Å²) in [5.41, 5.74) is 1.69. The molecule has 1 saturated heterocycles. The fourth-order valence-electron chi connectivity index (χ4n) is 4.07. The van der Waals surface area contributed by atoms with Gasteiger partial charge in [-0.05, 0) is 48.0 Å². The number of nitrogens with zero attached hydrogens (tertiary/aromatic N) is 2. The van der Waals surface area contributed by atoms with Gasteiger partial charge in [0.1, 0.15) is 16.4 Å². The van der Waals surface area contributed by atoms with Crippen LogP contribution in [-0.4, -0.2) is 46.6 Å². The van der Waals surface area contributed by atoms with E-state index in [4.69, 9.17) is 44.3 Å². The zero-order valence-corrected chi connectivity index (χ0v) is 21.6. The van der Waals surface area contributed by atoms with E-state index >= 15 is 0 Å². The number of methoxy groups -OCH3 is 2. The Hall–Kier alpha value is -2.16. The van der Waals surface area contributed by atoms with Crippen LogP contribution in [0, 0.1) is 0 Å². The Morgan fingerprint density at radius 2 is 1.56 bits per heavy atom. The van der Waals surface area contributed by atoms with Crippen LogP contribution in [0.15, 0.2) is 65.6 Å². The van der Waals surface area contributed by atoms with E-state index in [2.05, 4.69) is 4.90 Å². The van der Waals surface area contributed by atoms with Gasteiger partial charge in [0.15, 0.2) is 0 Å². The predicted molar refractivity (Wildman–Crippen MR) is 136 cm³/mol. The van der Waals surface area contributed by atoms with Gasteiger partial charge in [-0.15, -0.1) is 0 Å². The summed E-state index contributed by atoms with van der Waals surface area (Å²) in [5.74, 6) is 0.687. The summed E-state index contributed by atoms with van der Waals surface area (Å²) in [5, 5.41) is 1.63. The summed E-state index contributed by atoms with van der Waals surface area (Å²) in [4.78, 5) is 2.15. The molecule has 0 amide bonds. The molecule has 3 aromatic carbocycles. The van der Waals surface area contributed by atoms with Crippen LogP contribution in [0.1, 0.15) is 11.6 Å². The molecular formula is C24H23Cl3N2O4S. The minimum atomic E-state index is -3.89. The highest BCUT2D eigenvalue weighted by molar-refractivity contribution is 7.89. The van der Waals surface area contributed by atoms with Crippen LogP contribution in [0.3, 0.4) is 0 Å². The van der Waals surface area contributed by atoms with Crippen molar-refractivity contribution in [3.05, 3.63) is 81.3 Å². The smallest absolute Gasteiger partial charge is 0.247 e. The number of sulfonamides is 1. The number of hydrogen-bond donors (Lipinski definition) is 0. The van der Waals surface area contributed by atoms with Gasteiger partial charge < -0.3 is 14.4 Å². The van der Waals surface area contributed by atoms with Gasteiger partial charge in [-0.25, -0.2) is 8.42 Å². The van der Waals surface area contributed by atoms with Crippen molar-refractivity contribution < 1.29 is 17.9 Å². The number of ether oxygens (including phenoxy) is 2. The molecule has 0 bridgehead atoms. The molecule has 0 spiro atoms. The number of rotatable bonds is 6. The van der Waals surface area contributed by atoms with E-state index in [-0.39, 0.29) is 29.8 Å². The summed E-state index contributed by atoms with van der Waals surface area (Å²) < 4.78 is 39.5. The van der Waals surface area contributed by atoms with E-state index in [1.165, 1.54) is 24.6 Å². The standard InChI is InChI=1S/C24H23Cl3N2O4S/c1-32-19-8-10-23(33-2)24(14-19)34(30,31)28-11-12-29(21-9-7-18(26)13-20(21)27)22(15-28)16-3-5-17(25)6-4-16/h3-10,13-14,22H,11-12,15H2,1-2H3. The van der Waals surface area contributed by atoms with Gasteiger partial charge in [-0.3, -0.25) is 0 Å². The van der Waals surface area contributed by atoms with E-state index in [9.17, 15) is 8.42 Å². The number of benzene rings is 3. The van der Waals surface area contributed by atoms with Crippen molar-refractivity contribution in [2.24, 2.45) is 0 Å². The Morgan fingerprint density at radius 3 is 2.21 bits per heavy atom. The lowest BCUT2D eigenvalue weighted by Gasteiger charge is -2.42. The quantitative estimate of drug-likeness (QED) is 0.388. The van der Waals surface area contributed by atoms with E-state index in [1.54, 1.807) is 36.4 Å². The Kier molecular flexibility index (Phi) is 7.50. The molecule has 0 saturated carbocycles. The molecule has 1 aliphatic heterocycles. The van der Waals surface area contributed by atoms with Crippen LogP contribution >= 0.6 is 34.8 Å². The molecule has 1 unspecified atom stereocenters. The second-order valence-electron chi connectivity index (χ2n) is 7.74. The van der Waals surface area contributed by atoms with Crippen LogP contribution in [0.2, 0.25) is 15.1 Å². The summed E-state index contributed by atoms with van der Waals surface area (Å²) in [6.07, 6.45) is 0. The van der Waals surface area contributed by atoms with Gasteiger partial charge in [0.25, 0.3) is 0 Å². The maximum absolute atomic E-state index is 13.7. The first-order valence-corrected chi connectivity index (χ1v) is 13.0. The maximum atomic E-state index is 13.7. The zero-order valence-electron chi connectivity index (χ0n) is 18.5. The van der Waals surface area contributed by atoms with Crippen molar-refractivity contribution in [3.8, 4) is 11.5 Å². The Morgan fingerprint density at radius 1 is 0.853 bits per heavy atom. The first kappa shape index (κ1) is 24.9. The fraction of sp³-hybridized carbons (Fsp3) is 0.250. The topological polar surface area (TPSA) is 59.1 Å². The van der Waals surface area contributed by atoms with Gasteiger partial charge >= 0.3 is 0 Å². The molecule has 10 heteroatoms. The lowest BCUT2D eigenvalue weighted by molar-refractivity contribution is 0.332. The Labute approximate surface area is 214 Å². The third-order valence-electron chi connectivity index (χ3n) is 5.81. The molecule has 0 radical (unpaired) electrons. The average molecular weight is 542 g/mol. The van der Waals surface area contributed by atoms with Crippen molar-refractivity contribution in [1.82, 2.24) is 4.31 Å². The molecule has 1 atom stereocenters. The second kappa shape index (κ2) is 10.2. The van der Waals surface area contributed by atoms with Gasteiger partial charge in [-0.1, -0.05) is 46.9 Å².